The number of nitrogens with zero attached hydrogens (tertiary/aromatic N) is 1. The number of aliphatic carboxylic acids is 1. The van der Waals surface area contributed by atoms with Crippen LogP contribution < -0.4 is 4.74 Å². The topological polar surface area (TPSA) is 59.0 Å². The predicted octanol–water partition coefficient (Wildman–Crippen LogP) is 7.24. The first-order valence-corrected chi connectivity index (χ1v) is 14.6. The van der Waals surface area contributed by atoms with Crippen molar-refractivity contribution in [3.8, 4) is 16.9 Å². The Morgan fingerprint density at radius 3 is 2.39 bits per heavy atom. The van der Waals surface area contributed by atoms with Crippen LogP contribution in [0.4, 0.5) is 0 Å². The van der Waals surface area contributed by atoms with E-state index in [9.17, 15) is 9.90 Å². The number of carboxylic acid groups (broad SMARTS) is 1. The molecule has 1 aliphatic carbocycles. The average Bonchev–Trinajstić information content (AvgIpc) is 2.90. The number of benzene rings is 2. The fourth-order valence-corrected chi connectivity index (χ4v) is 7.14. The zero-order chi connectivity index (χ0) is 27.2. The van der Waals surface area contributed by atoms with Crippen molar-refractivity contribution in [2.45, 2.75) is 117 Å². The minimum absolute atomic E-state index is 0.590. The van der Waals surface area contributed by atoms with Crippen LogP contribution in [0, 0.1) is 20.8 Å². The summed E-state index contributed by atoms with van der Waals surface area (Å²) in [5.41, 5.74) is 9.89. The van der Waals surface area contributed by atoms with E-state index in [0.717, 1.165) is 67.0 Å². The van der Waals surface area contributed by atoms with Gasteiger partial charge >= 0.3 is 5.97 Å². The fraction of sp³-hybridized carbons (Fsp3) is 0.606. The molecule has 2 aliphatic heterocycles. The maximum atomic E-state index is 12.8. The van der Waals surface area contributed by atoms with Crippen molar-refractivity contribution < 1.29 is 19.4 Å². The van der Waals surface area contributed by atoms with Crippen LogP contribution in [0.5, 0.6) is 5.75 Å². The largest absolute Gasteiger partial charge is 0.493 e. The minimum atomic E-state index is -1.03. The molecule has 1 fully saturated rings. The van der Waals surface area contributed by atoms with Gasteiger partial charge in [0.15, 0.2) is 6.10 Å². The first kappa shape index (κ1) is 27.2. The van der Waals surface area contributed by atoms with Gasteiger partial charge in [0.25, 0.3) is 0 Å². The fourth-order valence-electron chi connectivity index (χ4n) is 7.14. The summed E-state index contributed by atoms with van der Waals surface area (Å²) in [5, 5.41) is 10.5. The Morgan fingerprint density at radius 2 is 1.71 bits per heavy atom. The number of hydrogen-bond donors (Lipinski definition) is 1. The lowest BCUT2D eigenvalue weighted by Crippen LogP contribution is -2.41. The highest BCUT2D eigenvalue weighted by Crippen LogP contribution is 2.45. The maximum absolute atomic E-state index is 12.8. The Morgan fingerprint density at radius 1 is 0.974 bits per heavy atom. The van der Waals surface area contributed by atoms with Gasteiger partial charge in [-0.15, -0.1) is 0 Å². The molecule has 1 N–H and O–H groups in total. The smallest absolute Gasteiger partial charge is 0.337 e. The van der Waals surface area contributed by atoms with Crippen LogP contribution in [0.25, 0.3) is 11.1 Å². The molecule has 5 nitrogen and oxygen atoms in total. The Bertz CT molecular complexity index is 1220. The molecule has 2 aromatic rings. The molecule has 0 bridgehead atoms. The normalized spacial score (nSPS) is 19.4. The molecular weight excluding hydrogens is 474 g/mol. The third-order valence-electron chi connectivity index (χ3n) is 9.03. The molecule has 0 spiro atoms. The van der Waals surface area contributed by atoms with Crippen molar-refractivity contribution in [3.63, 3.8) is 0 Å². The second-order valence-electron chi connectivity index (χ2n) is 12.6. The zero-order valence-electron chi connectivity index (χ0n) is 24.2. The van der Waals surface area contributed by atoms with Crippen LogP contribution in [-0.2, 0) is 28.9 Å². The quantitative estimate of drug-likeness (QED) is 0.451. The first-order chi connectivity index (χ1) is 18.1. The molecule has 2 heterocycles. The maximum Gasteiger partial charge on any atom is 0.337 e. The molecule has 5 heteroatoms. The molecular formula is C33H45NO4. The van der Waals surface area contributed by atoms with Gasteiger partial charge in [0.05, 0.1) is 12.2 Å². The van der Waals surface area contributed by atoms with E-state index in [0.29, 0.717) is 6.04 Å². The lowest BCUT2D eigenvalue weighted by atomic mass is 9.78. The molecule has 0 aromatic heterocycles. The van der Waals surface area contributed by atoms with E-state index in [1.165, 1.54) is 59.9 Å². The van der Waals surface area contributed by atoms with Crippen molar-refractivity contribution in [2.75, 3.05) is 13.2 Å². The summed E-state index contributed by atoms with van der Waals surface area (Å²) in [7, 11) is 0. The average molecular weight is 520 g/mol. The molecule has 1 unspecified atom stereocenters. The van der Waals surface area contributed by atoms with E-state index in [4.69, 9.17) is 9.47 Å². The third-order valence-corrected chi connectivity index (χ3v) is 9.03. The Hall–Kier alpha value is -2.37. The van der Waals surface area contributed by atoms with Crippen LogP contribution in [0.2, 0.25) is 0 Å². The Balaban J connectivity index is 1.71. The number of carboxylic acids is 1. The molecule has 1 saturated carbocycles. The van der Waals surface area contributed by atoms with Crippen molar-refractivity contribution in [2.24, 2.45) is 0 Å². The number of hydrogen-bond acceptors (Lipinski definition) is 4. The van der Waals surface area contributed by atoms with E-state index in [2.05, 4.69) is 37.8 Å². The molecule has 38 heavy (non-hydrogen) atoms. The summed E-state index contributed by atoms with van der Waals surface area (Å²) in [6.45, 7) is 15.1. The van der Waals surface area contributed by atoms with Crippen LogP contribution >= 0.6 is 0 Å². The Labute approximate surface area is 228 Å². The summed E-state index contributed by atoms with van der Waals surface area (Å²) in [5.74, 6) is 0.0396. The van der Waals surface area contributed by atoms with Gasteiger partial charge in [-0.25, -0.2) is 4.79 Å². The van der Waals surface area contributed by atoms with E-state index in [1.807, 2.05) is 20.8 Å². The predicted molar refractivity (Wildman–Crippen MR) is 152 cm³/mol. The van der Waals surface area contributed by atoms with E-state index in [-0.39, 0.29) is 0 Å². The van der Waals surface area contributed by atoms with Crippen molar-refractivity contribution in [3.05, 3.63) is 51.1 Å². The van der Waals surface area contributed by atoms with Gasteiger partial charge in [-0.1, -0.05) is 25.3 Å². The molecule has 206 valence electrons. The highest BCUT2D eigenvalue weighted by atomic mass is 16.5. The molecule has 0 amide bonds. The van der Waals surface area contributed by atoms with Gasteiger partial charge in [-0.3, -0.25) is 4.90 Å². The Kier molecular flexibility index (Phi) is 7.63. The second-order valence-corrected chi connectivity index (χ2v) is 12.6. The van der Waals surface area contributed by atoms with Crippen LogP contribution in [0.15, 0.2) is 12.1 Å². The number of fused-ring (bicyclic) bond motifs is 2. The van der Waals surface area contributed by atoms with Gasteiger partial charge in [0.1, 0.15) is 5.75 Å². The van der Waals surface area contributed by atoms with Gasteiger partial charge in [-0.2, -0.15) is 0 Å². The summed E-state index contributed by atoms with van der Waals surface area (Å²) < 4.78 is 12.3. The summed E-state index contributed by atoms with van der Waals surface area (Å²) in [4.78, 5) is 15.5. The summed E-state index contributed by atoms with van der Waals surface area (Å²) in [6, 6.07) is 4.90. The van der Waals surface area contributed by atoms with Crippen molar-refractivity contribution in [1.29, 1.82) is 0 Å². The SMILES string of the molecule is Cc1c(-c2c(C)c3c(c(C)c2C(OC(C)(C)C)C(=O)O)CCN(C2CCCCC2)C3)ccc2c1CCCO2. The standard InChI is InChI=1S/C33H45NO4/c1-20-25-13-10-18-37-28(25)15-14-26(20)29-22(3)27-19-34(23-11-8-7-9-12-23)17-16-24(27)21(2)30(29)31(32(35)36)38-33(4,5)6/h14-15,23,31H,7-13,16-19H2,1-6H3,(H,35,36). The van der Waals surface area contributed by atoms with Crippen LogP contribution in [-0.4, -0.2) is 40.8 Å². The number of rotatable bonds is 5. The van der Waals surface area contributed by atoms with E-state index < -0.39 is 17.7 Å². The molecule has 1 atom stereocenters. The molecule has 2 aromatic carbocycles. The van der Waals surface area contributed by atoms with Crippen LogP contribution in [0.1, 0.15) is 104 Å². The van der Waals surface area contributed by atoms with Gasteiger partial charge in [0.2, 0.25) is 0 Å². The van der Waals surface area contributed by atoms with E-state index >= 15 is 0 Å². The highest BCUT2D eigenvalue weighted by Gasteiger charge is 2.36. The minimum Gasteiger partial charge on any atom is -0.493 e. The monoisotopic (exact) mass is 519 g/mol. The molecule has 0 radical (unpaired) electrons. The second kappa shape index (κ2) is 10.7. The van der Waals surface area contributed by atoms with Crippen LogP contribution in [0.3, 0.4) is 0 Å². The first-order valence-electron chi connectivity index (χ1n) is 14.6. The third kappa shape index (κ3) is 5.12. The number of ether oxygens (including phenoxy) is 2. The zero-order valence-corrected chi connectivity index (χ0v) is 24.2. The summed E-state index contributed by atoms with van der Waals surface area (Å²) >= 11 is 0. The van der Waals surface area contributed by atoms with Crippen molar-refractivity contribution in [1.82, 2.24) is 4.90 Å². The highest BCUT2D eigenvalue weighted by molar-refractivity contribution is 5.85. The molecule has 3 aliphatic rings. The number of carbonyl (C=O) groups is 1. The van der Waals surface area contributed by atoms with Gasteiger partial charge in [-0.05, 0) is 124 Å². The van der Waals surface area contributed by atoms with E-state index in [1.54, 1.807) is 0 Å². The summed E-state index contributed by atoms with van der Waals surface area (Å²) in [6.07, 6.45) is 8.54. The van der Waals surface area contributed by atoms with Gasteiger partial charge < -0.3 is 14.6 Å². The lowest BCUT2D eigenvalue weighted by molar-refractivity contribution is -0.160. The van der Waals surface area contributed by atoms with Gasteiger partial charge in [0, 0.05) is 24.7 Å². The van der Waals surface area contributed by atoms with Crippen molar-refractivity contribution >= 4 is 5.97 Å². The molecule has 0 saturated heterocycles. The lowest BCUT2D eigenvalue weighted by Gasteiger charge is -2.40. The molecule has 5 rings (SSSR count).